The summed E-state index contributed by atoms with van der Waals surface area (Å²) in [7, 11) is 0. The number of nitrogens with one attached hydrogen (secondary N) is 1. The molecule has 0 spiro atoms. The topological polar surface area (TPSA) is 64.8 Å². The van der Waals surface area contributed by atoms with Gasteiger partial charge in [0.1, 0.15) is 5.76 Å². The fourth-order valence-electron chi connectivity index (χ4n) is 5.97. The maximum absolute atomic E-state index is 13.1. The Morgan fingerprint density at radius 3 is 2.47 bits per heavy atom. The minimum absolute atomic E-state index is 0.0133. The van der Waals surface area contributed by atoms with Crippen molar-refractivity contribution in [3.05, 3.63) is 17.5 Å². The van der Waals surface area contributed by atoms with Crippen molar-refractivity contribution in [1.29, 1.82) is 0 Å². The van der Waals surface area contributed by atoms with E-state index in [9.17, 15) is 4.79 Å². The Morgan fingerprint density at radius 1 is 1.09 bits per heavy atom. The number of likely N-dealkylation sites (tertiary alicyclic amines) is 1. The lowest BCUT2D eigenvalue weighted by Gasteiger charge is -2.42. The van der Waals surface area contributed by atoms with Gasteiger partial charge in [-0.3, -0.25) is 9.80 Å². The predicted octanol–water partition coefficient (Wildman–Crippen LogP) is 3.56. The average molecular weight is 444 g/mol. The van der Waals surface area contributed by atoms with E-state index in [1.165, 1.54) is 25.7 Å². The molecular weight excluding hydrogens is 402 g/mol. The third kappa shape index (κ3) is 4.56. The highest BCUT2D eigenvalue weighted by Gasteiger charge is 2.39. The zero-order chi connectivity index (χ0) is 22.3. The number of piperazine rings is 1. The molecule has 0 radical (unpaired) electrons. The minimum Gasteiger partial charge on any atom is -0.361 e. The minimum atomic E-state index is 0.0133. The van der Waals surface area contributed by atoms with E-state index >= 15 is 0 Å². The van der Waals surface area contributed by atoms with Crippen LogP contribution in [0.2, 0.25) is 0 Å². The summed E-state index contributed by atoms with van der Waals surface area (Å²) in [6.45, 7) is 13.0. The third-order valence-electron chi connectivity index (χ3n) is 8.62. The van der Waals surface area contributed by atoms with E-state index < -0.39 is 0 Å². The quantitative estimate of drug-likeness (QED) is 0.754. The predicted molar refractivity (Wildman–Crippen MR) is 125 cm³/mol. The first-order chi connectivity index (χ1) is 15.4. The molecule has 4 fully saturated rings. The first-order valence-electron chi connectivity index (χ1n) is 12.9. The molecule has 2 aliphatic carbocycles. The second-order valence-electron chi connectivity index (χ2n) is 11.2. The first-order valence-corrected chi connectivity index (χ1v) is 12.9. The van der Waals surface area contributed by atoms with Gasteiger partial charge in [0, 0.05) is 74.8 Å². The number of carbonyl (C=O) groups excluding carboxylic acids is 1. The van der Waals surface area contributed by atoms with Crippen LogP contribution in [0.5, 0.6) is 0 Å². The molecule has 3 heterocycles. The molecule has 1 aromatic heterocycles. The average Bonchev–Trinajstić information content (AvgIpc) is 3.32. The molecule has 0 aromatic carbocycles. The molecule has 32 heavy (non-hydrogen) atoms. The van der Waals surface area contributed by atoms with Crippen molar-refractivity contribution in [2.24, 2.45) is 0 Å². The van der Waals surface area contributed by atoms with E-state index in [1.807, 2.05) is 4.90 Å². The molecule has 2 saturated carbocycles. The van der Waals surface area contributed by atoms with Gasteiger partial charge in [0.25, 0.3) is 0 Å². The Morgan fingerprint density at radius 2 is 1.81 bits per heavy atom. The standard InChI is InChI=1S/C25H41N5O2/c1-18(2)28-13-15-29(16-14-28)21-6-4-5-20(21)26-24(31)30-11-9-25(3,10-12-30)23-17-22(32-27-23)19-7-8-19/h17-21H,4-16H2,1-3H3,(H,26,31). The van der Waals surface area contributed by atoms with Crippen LogP contribution in [0.25, 0.3) is 0 Å². The fraction of sp³-hybridized carbons (Fsp3) is 0.840. The summed E-state index contributed by atoms with van der Waals surface area (Å²) in [5.41, 5.74) is 1.09. The molecular formula is C25H41N5O2. The molecule has 5 rings (SSSR count). The van der Waals surface area contributed by atoms with Crippen LogP contribution in [-0.4, -0.2) is 83.3 Å². The Balaban J connectivity index is 1.12. The van der Waals surface area contributed by atoms with E-state index in [2.05, 4.69) is 47.1 Å². The number of urea groups is 1. The van der Waals surface area contributed by atoms with Gasteiger partial charge < -0.3 is 14.7 Å². The molecule has 178 valence electrons. The van der Waals surface area contributed by atoms with Crippen molar-refractivity contribution < 1.29 is 9.32 Å². The van der Waals surface area contributed by atoms with Crippen molar-refractivity contribution in [3.8, 4) is 0 Å². The van der Waals surface area contributed by atoms with Crippen molar-refractivity contribution in [3.63, 3.8) is 0 Å². The van der Waals surface area contributed by atoms with Crippen molar-refractivity contribution in [2.75, 3.05) is 39.3 Å². The lowest BCUT2D eigenvalue weighted by molar-refractivity contribution is 0.0702. The second kappa shape index (κ2) is 8.98. The second-order valence-corrected chi connectivity index (χ2v) is 11.2. The smallest absolute Gasteiger partial charge is 0.317 e. The van der Waals surface area contributed by atoms with E-state index in [0.717, 1.165) is 70.0 Å². The largest absolute Gasteiger partial charge is 0.361 e. The number of piperidine rings is 1. The van der Waals surface area contributed by atoms with Gasteiger partial charge >= 0.3 is 6.03 Å². The zero-order valence-corrected chi connectivity index (χ0v) is 20.2. The summed E-state index contributed by atoms with van der Waals surface area (Å²) < 4.78 is 5.61. The van der Waals surface area contributed by atoms with Crippen LogP contribution in [0.15, 0.2) is 10.6 Å². The van der Waals surface area contributed by atoms with Gasteiger partial charge in [-0.1, -0.05) is 12.1 Å². The molecule has 7 heteroatoms. The molecule has 7 nitrogen and oxygen atoms in total. The number of hydrogen-bond acceptors (Lipinski definition) is 5. The Labute approximate surface area is 192 Å². The van der Waals surface area contributed by atoms with Crippen LogP contribution in [0.4, 0.5) is 4.79 Å². The molecule has 2 amide bonds. The van der Waals surface area contributed by atoms with Crippen molar-refractivity contribution >= 4 is 6.03 Å². The van der Waals surface area contributed by atoms with Gasteiger partial charge in [-0.05, 0) is 58.8 Å². The maximum Gasteiger partial charge on any atom is 0.317 e. The molecule has 2 unspecified atom stereocenters. The molecule has 1 aromatic rings. The SMILES string of the molecule is CC(C)N1CCN(C2CCCC2NC(=O)N2CCC(C)(c3cc(C4CC4)on3)CC2)CC1. The molecule has 4 aliphatic rings. The highest BCUT2D eigenvalue weighted by molar-refractivity contribution is 5.74. The monoisotopic (exact) mass is 443 g/mol. The summed E-state index contributed by atoms with van der Waals surface area (Å²) in [5.74, 6) is 1.65. The normalized spacial score (nSPS) is 29.6. The summed E-state index contributed by atoms with van der Waals surface area (Å²) >= 11 is 0. The Bertz CT molecular complexity index is 788. The van der Waals surface area contributed by atoms with E-state index in [4.69, 9.17) is 4.52 Å². The molecule has 0 bridgehead atoms. The van der Waals surface area contributed by atoms with E-state index in [1.54, 1.807) is 0 Å². The van der Waals surface area contributed by atoms with Crippen molar-refractivity contribution in [1.82, 2.24) is 25.2 Å². The summed E-state index contributed by atoms with van der Waals surface area (Å²) in [6, 6.07) is 3.72. The Hall–Kier alpha value is -1.60. The van der Waals surface area contributed by atoms with Crippen LogP contribution in [0.1, 0.15) is 83.1 Å². The molecule has 2 aliphatic heterocycles. The van der Waals surface area contributed by atoms with Gasteiger partial charge in [-0.15, -0.1) is 0 Å². The maximum atomic E-state index is 13.1. The van der Waals surface area contributed by atoms with Crippen LogP contribution in [0, 0.1) is 0 Å². The van der Waals surface area contributed by atoms with Gasteiger partial charge in [-0.25, -0.2) is 4.79 Å². The first kappa shape index (κ1) is 22.2. The van der Waals surface area contributed by atoms with Gasteiger partial charge in [0.15, 0.2) is 0 Å². The number of aromatic nitrogens is 1. The van der Waals surface area contributed by atoms with Crippen molar-refractivity contribution in [2.45, 2.75) is 95.2 Å². The molecule has 2 atom stereocenters. The lowest BCUT2D eigenvalue weighted by atomic mass is 9.77. The number of amides is 2. The van der Waals surface area contributed by atoms with E-state index in [-0.39, 0.29) is 17.5 Å². The summed E-state index contributed by atoms with van der Waals surface area (Å²) in [5, 5.41) is 7.82. The number of carbonyl (C=O) groups is 1. The fourth-order valence-corrected chi connectivity index (χ4v) is 5.97. The highest BCUT2D eigenvalue weighted by Crippen LogP contribution is 2.43. The number of rotatable bonds is 5. The zero-order valence-electron chi connectivity index (χ0n) is 20.2. The van der Waals surface area contributed by atoms with Crippen LogP contribution < -0.4 is 5.32 Å². The third-order valence-corrected chi connectivity index (χ3v) is 8.62. The van der Waals surface area contributed by atoms with Crippen LogP contribution in [0.3, 0.4) is 0 Å². The van der Waals surface area contributed by atoms with E-state index in [0.29, 0.717) is 18.0 Å². The van der Waals surface area contributed by atoms with Crippen LogP contribution >= 0.6 is 0 Å². The number of nitrogens with zero attached hydrogens (tertiary/aromatic N) is 4. The Kier molecular flexibility index (Phi) is 6.23. The van der Waals surface area contributed by atoms with Gasteiger partial charge in [0.05, 0.1) is 5.69 Å². The van der Waals surface area contributed by atoms with Gasteiger partial charge in [-0.2, -0.15) is 0 Å². The van der Waals surface area contributed by atoms with Crippen LogP contribution in [-0.2, 0) is 5.41 Å². The number of hydrogen-bond donors (Lipinski definition) is 1. The van der Waals surface area contributed by atoms with Gasteiger partial charge in [0.2, 0.25) is 0 Å². The molecule has 1 N–H and O–H groups in total. The molecule has 2 saturated heterocycles. The summed E-state index contributed by atoms with van der Waals surface area (Å²) in [4.78, 5) is 20.3. The lowest BCUT2D eigenvalue weighted by Crippen LogP contribution is -2.58. The highest BCUT2D eigenvalue weighted by atomic mass is 16.5. The summed E-state index contributed by atoms with van der Waals surface area (Å²) in [6.07, 6.45) is 7.89.